The first kappa shape index (κ1) is 16.0. The Hall–Kier alpha value is -2.36. The highest BCUT2D eigenvalue weighted by Gasteiger charge is 2.19. The summed E-state index contributed by atoms with van der Waals surface area (Å²) in [5.41, 5.74) is 6.12. The maximum atomic E-state index is 11.6. The lowest BCUT2D eigenvalue weighted by Crippen LogP contribution is -2.14. The number of anilines is 3. The van der Waals surface area contributed by atoms with Gasteiger partial charge in [0.15, 0.2) is 0 Å². The fraction of sp³-hybridized carbons (Fsp3) is 0. The summed E-state index contributed by atoms with van der Waals surface area (Å²) in [6.07, 6.45) is 0. The van der Waals surface area contributed by atoms with Gasteiger partial charge in [0.2, 0.25) is 10.0 Å². The van der Waals surface area contributed by atoms with Crippen LogP contribution in [0.5, 0.6) is 0 Å². The molecule has 0 unspecified atom stereocenters. The molecule has 116 valence electrons. The van der Waals surface area contributed by atoms with Gasteiger partial charge in [-0.25, -0.2) is 13.6 Å². The van der Waals surface area contributed by atoms with E-state index in [1.807, 2.05) is 0 Å². The molecule has 0 aromatic heterocycles. The molecule has 0 fully saturated rings. The molecule has 0 aliphatic rings. The van der Waals surface area contributed by atoms with Crippen LogP contribution in [0.15, 0.2) is 41.3 Å². The van der Waals surface area contributed by atoms with Gasteiger partial charge in [-0.05, 0) is 24.3 Å². The van der Waals surface area contributed by atoms with Gasteiger partial charge in [-0.1, -0.05) is 11.6 Å². The molecule has 22 heavy (non-hydrogen) atoms. The Labute approximate surface area is 130 Å². The number of non-ortho nitro benzene ring substituents is 1. The molecule has 0 spiro atoms. The first-order chi connectivity index (χ1) is 10.2. The van der Waals surface area contributed by atoms with E-state index in [9.17, 15) is 18.5 Å². The number of primary sulfonamides is 1. The number of benzene rings is 2. The van der Waals surface area contributed by atoms with Crippen LogP contribution >= 0.6 is 11.6 Å². The van der Waals surface area contributed by atoms with E-state index in [1.54, 1.807) is 6.07 Å². The number of nitrogens with two attached hydrogens (primary N) is 2. The Morgan fingerprint density at radius 3 is 2.41 bits per heavy atom. The summed E-state index contributed by atoms with van der Waals surface area (Å²) in [7, 11) is -4.15. The van der Waals surface area contributed by atoms with Crippen molar-refractivity contribution in [3.05, 3.63) is 51.5 Å². The fourth-order valence-corrected chi connectivity index (χ4v) is 2.57. The number of nitro benzene ring substituents is 1. The minimum Gasteiger partial charge on any atom is -0.397 e. The average Bonchev–Trinajstić information content (AvgIpc) is 2.42. The molecule has 0 atom stereocenters. The third-order valence-corrected chi connectivity index (χ3v) is 4.05. The molecule has 0 saturated carbocycles. The summed E-state index contributed by atoms with van der Waals surface area (Å²) < 4.78 is 23.2. The van der Waals surface area contributed by atoms with Crippen LogP contribution in [0.3, 0.4) is 0 Å². The maximum Gasteiger partial charge on any atom is 0.270 e. The van der Waals surface area contributed by atoms with Gasteiger partial charge >= 0.3 is 0 Å². The second kappa shape index (κ2) is 5.79. The van der Waals surface area contributed by atoms with Gasteiger partial charge in [-0.2, -0.15) is 0 Å². The van der Waals surface area contributed by atoms with Crippen molar-refractivity contribution in [3.63, 3.8) is 0 Å². The normalized spacial score (nSPS) is 11.2. The lowest BCUT2D eigenvalue weighted by atomic mass is 10.2. The molecule has 2 rings (SSSR count). The van der Waals surface area contributed by atoms with Crippen molar-refractivity contribution >= 4 is 44.4 Å². The second-order valence-electron chi connectivity index (χ2n) is 4.34. The average molecular weight is 343 g/mol. The monoisotopic (exact) mass is 342 g/mol. The zero-order chi connectivity index (χ0) is 16.5. The predicted molar refractivity (Wildman–Crippen MR) is 83.6 cm³/mol. The van der Waals surface area contributed by atoms with Gasteiger partial charge in [0, 0.05) is 17.8 Å². The third kappa shape index (κ3) is 3.45. The van der Waals surface area contributed by atoms with Crippen LogP contribution < -0.4 is 16.2 Å². The molecule has 0 heterocycles. The lowest BCUT2D eigenvalue weighted by molar-refractivity contribution is -0.385. The Morgan fingerprint density at radius 1 is 1.18 bits per heavy atom. The summed E-state index contributed by atoms with van der Waals surface area (Å²) in [5, 5.41) is 19.0. The molecule has 8 nitrogen and oxygen atoms in total. The highest BCUT2D eigenvalue weighted by Crippen LogP contribution is 2.30. The van der Waals surface area contributed by atoms with Gasteiger partial charge in [-0.3, -0.25) is 10.1 Å². The van der Waals surface area contributed by atoms with Crippen molar-refractivity contribution in [1.29, 1.82) is 0 Å². The van der Waals surface area contributed by atoms with Crippen molar-refractivity contribution in [2.75, 3.05) is 11.1 Å². The van der Waals surface area contributed by atoms with Crippen LogP contribution in [-0.4, -0.2) is 13.3 Å². The molecule has 0 bridgehead atoms. The fourth-order valence-electron chi connectivity index (χ4n) is 1.74. The van der Waals surface area contributed by atoms with Crippen LogP contribution in [0, 0.1) is 10.1 Å². The van der Waals surface area contributed by atoms with Crippen LogP contribution in [0.2, 0.25) is 5.02 Å². The molecule has 5 N–H and O–H groups in total. The van der Waals surface area contributed by atoms with Crippen LogP contribution in [0.4, 0.5) is 22.7 Å². The summed E-state index contributed by atoms with van der Waals surface area (Å²) in [6.45, 7) is 0. The largest absolute Gasteiger partial charge is 0.397 e. The quantitative estimate of drug-likeness (QED) is 0.442. The van der Waals surface area contributed by atoms with Crippen LogP contribution in [-0.2, 0) is 10.0 Å². The zero-order valence-electron chi connectivity index (χ0n) is 11.0. The van der Waals surface area contributed by atoms with E-state index in [2.05, 4.69) is 5.32 Å². The van der Waals surface area contributed by atoms with E-state index < -0.39 is 19.8 Å². The number of rotatable bonds is 4. The molecule has 2 aromatic carbocycles. The Kier molecular flexibility index (Phi) is 4.22. The van der Waals surface area contributed by atoms with E-state index >= 15 is 0 Å². The zero-order valence-corrected chi connectivity index (χ0v) is 12.6. The van der Waals surface area contributed by atoms with Gasteiger partial charge in [0.1, 0.15) is 4.90 Å². The number of hydrogen-bond donors (Lipinski definition) is 3. The first-order valence-corrected chi connectivity index (χ1v) is 7.74. The van der Waals surface area contributed by atoms with E-state index in [-0.39, 0.29) is 11.4 Å². The highest BCUT2D eigenvalue weighted by atomic mass is 35.5. The summed E-state index contributed by atoms with van der Waals surface area (Å²) in [6, 6.07) is 7.90. The molecule has 2 aromatic rings. The second-order valence-corrected chi connectivity index (χ2v) is 6.28. The van der Waals surface area contributed by atoms with Crippen molar-refractivity contribution in [2.24, 2.45) is 5.14 Å². The van der Waals surface area contributed by atoms with Crippen LogP contribution in [0.1, 0.15) is 0 Å². The predicted octanol–water partition coefficient (Wildman–Crippen LogP) is 2.22. The van der Waals surface area contributed by atoms with Gasteiger partial charge < -0.3 is 11.1 Å². The van der Waals surface area contributed by atoms with Gasteiger partial charge in [0.25, 0.3) is 5.69 Å². The topological polar surface area (TPSA) is 141 Å². The molecule has 0 radical (unpaired) electrons. The third-order valence-electron chi connectivity index (χ3n) is 2.76. The Morgan fingerprint density at radius 2 is 1.86 bits per heavy atom. The number of nitrogens with zero attached hydrogens (tertiary/aromatic N) is 1. The molecule has 0 saturated heterocycles. The molecule has 0 aliphatic heterocycles. The molecular formula is C12H11ClN4O4S. The van der Waals surface area contributed by atoms with Crippen molar-refractivity contribution in [1.82, 2.24) is 0 Å². The minimum absolute atomic E-state index is 0.0924. The molecule has 10 heteroatoms. The number of halogens is 1. The van der Waals surface area contributed by atoms with Crippen molar-refractivity contribution in [3.8, 4) is 0 Å². The van der Waals surface area contributed by atoms with Gasteiger partial charge in [-0.15, -0.1) is 0 Å². The summed E-state index contributed by atoms with van der Waals surface area (Å²) in [5.74, 6) is 0. The Balaban J connectivity index is 2.50. The van der Waals surface area contributed by atoms with E-state index in [0.29, 0.717) is 16.4 Å². The first-order valence-electron chi connectivity index (χ1n) is 5.82. The number of nitro groups is 1. The molecule has 0 amide bonds. The number of sulfonamides is 1. The SMILES string of the molecule is Nc1cc(Nc2ccc([N+](=O)[O-])cc2S(N)(=O)=O)ccc1Cl. The summed E-state index contributed by atoms with van der Waals surface area (Å²) >= 11 is 5.80. The van der Waals surface area contributed by atoms with Gasteiger partial charge in [0.05, 0.1) is 21.3 Å². The lowest BCUT2D eigenvalue weighted by Gasteiger charge is -2.11. The highest BCUT2D eigenvalue weighted by molar-refractivity contribution is 7.89. The number of nitrogens with one attached hydrogen (secondary N) is 1. The van der Waals surface area contributed by atoms with E-state index in [1.165, 1.54) is 18.2 Å². The smallest absolute Gasteiger partial charge is 0.270 e. The van der Waals surface area contributed by atoms with E-state index in [4.69, 9.17) is 22.5 Å². The number of hydrogen-bond acceptors (Lipinski definition) is 6. The molecular weight excluding hydrogens is 332 g/mol. The Bertz CT molecular complexity index is 854. The molecule has 0 aliphatic carbocycles. The summed E-state index contributed by atoms with van der Waals surface area (Å²) in [4.78, 5) is 9.65. The van der Waals surface area contributed by atoms with Crippen molar-refractivity contribution in [2.45, 2.75) is 4.90 Å². The van der Waals surface area contributed by atoms with Crippen molar-refractivity contribution < 1.29 is 13.3 Å². The van der Waals surface area contributed by atoms with E-state index in [0.717, 1.165) is 12.1 Å². The van der Waals surface area contributed by atoms with Crippen LogP contribution in [0.25, 0.3) is 0 Å². The maximum absolute atomic E-state index is 11.6. The standard InChI is InChI=1S/C12H11ClN4O4S/c13-9-3-1-7(5-10(9)14)16-11-4-2-8(17(18)19)6-12(11)22(15,20)21/h1-6,16H,14H2,(H2,15,20,21). The minimum atomic E-state index is -4.15. The number of nitrogen functional groups attached to an aromatic ring is 1.